The molecule has 5 nitrogen and oxygen atoms in total. The fourth-order valence-electron chi connectivity index (χ4n) is 1.89. The normalized spacial score (nSPS) is 22.3. The van der Waals surface area contributed by atoms with Gasteiger partial charge in [0.15, 0.2) is 5.78 Å². The largest absolute Gasteiger partial charge is 0.325 e. The number of imide groups is 1. The van der Waals surface area contributed by atoms with E-state index in [1.54, 1.807) is 13.0 Å². The first-order valence-electron chi connectivity index (χ1n) is 5.90. The van der Waals surface area contributed by atoms with Gasteiger partial charge >= 0.3 is 6.03 Å². The van der Waals surface area contributed by atoms with Gasteiger partial charge in [0, 0.05) is 5.56 Å². The van der Waals surface area contributed by atoms with Crippen molar-refractivity contribution in [3.8, 4) is 0 Å². The number of carbonyl (C=O) groups is 3. The molecule has 1 fully saturated rings. The van der Waals surface area contributed by atoms with Gasteiger partial charge in [-0.05, 0) is 51.3 Å². The Hall–Kier alpha value is -0.730. The van der Waals surface area contributed by atoms with E-state index < -0.39 is 11.6 Å². The van der Waals surface area contributed by atoms with E-state index in [-0.39, 0.29) is 18.2 Å². The second-order valence-electron chi connectivity index (χ2n) is 4.67. The fraction of sp³-hybridized carbons (Fsp3) is 0.417. The summed E-state index contributed by atoms with van der Waals surface area (Å²) in [5, 5.41) is 2.62. The Labute approximate surface area is 137 Å². The molecule has 0 aromatic carbocycles. The van der Waals surface area contributed by atoms with Crippen LogP contribution in [0.25, 0.3) is 0 Å². The van der Waals surface area contributed by atoms with E-state index in [2.05, 4.69) is 37.2 Å². The van der Waals surface area contributed by atoms with Gasteiger partial charge in [-0.15, -0.1) is 11.3 Å². The molecule has 0 aliphatic carbocycles. The Morgan fingerprint density at radius 2 is 2.10 bits per heavy atom. The van der Waals surface area contributed by atoms with Crippen LogP contribution in [0.15, 0.2) is 13.6 Å². The lowest BCUT2D eigenvalue weighted by molar-refractivity contribution is -0.130. The number of amides is 3. The second-order valence-corrected chi connectivity index (χ2v) is 8.42. The topological polar surface area (TPSA) is 66.5 Å². The molecule has 20 heavy (non-hydrogen) atoms. The zero-order chi connectivity index (χ0) is 15.1. The number of carbonyl (C=O) groups excluding carboxylic acids is 3. The van der Waals surface area contributed by atoms with Gasteiger partial charge < -0.3 is 5.32 Å². The molecule has 1 N–H and O–H groups in total. The molecule has 1 unspecified atom stereocenters. The molecule has 0 spiro atoms. The van der Waals surface area contributed by atoms with Gasteiger partial charge in [0.25, 0.3) is 5.91 Å². The molecule has 8 heteroatoms. The van der Waals surface area contributed by atoms with E-state index in [1.165, 1.54) is 11.3 Å². The molecule has 1 aromatic heterocycles. The molecule has 0 bridgehead atoms. The Morgan fingerprint density at radius 3 is 2.55 bits per heavy atom. The minimum Gasteiger partial charge on any atom is -0.323 e. The molecule has 108 valence electrons. The molecule has 3 amide bonds. The van der Waals surface area contributed by atoms with Crippen LogP contribution in [0.3, 0.4) is 0 Å². The summed E-state index contributed by atoms with van der Waals surface area (Å²) in [4.78, 5) is 37.2. The molecule has 2 rings (SSSR count). The van der Waals surface area contributed by atoms with Crippen molar-refractivity contribution in [1.82, 2.24) is 10.2 Å². The van der Waals surface area contributed by atoms with Crippen molar-refractivity contribution in [2.75, 3.05) is 6.54 Å². The molecule has 1 aliphatic heterocycles. The smallest absolute Gasteiger partial charge is 0.323 e. The van der Waals surface area contributed by atoms with E-state index in [1.807, 2.05) is 6.92 Å². The van der Waals surface area contributed by atoms with Crippen LogP contribution < -0.4 is 5.32 Å². The number of rotatable bonds is 4. The highest BCUT2D eigenvalue weighted by Crippen LogP contribution is 2.32. The molecular formula is C12H12Br2N2O3S. The van der Waals surface area contributed by atoms with Gasteiger partial charge in [0.05, 0.1) is 14.1 Å². The zero-order valence-corrected chi connectivity index (χ0v) is 14.8. The van der Waals surface area contributed by atoms with Gasteiger partial charge in [0.2, 0.25) is 0 Å². The fourth-order valence-corrected chi connectivity index (χ4v) is 4.75. The van der Waals surface area contributed by atoms with E-state index in [0.717, 1.165) is 8.69 Å². The van der Waals surface area contributed by atoms with Crippen LogP contribution in [0.1, 0.15) is 30.6 Å². The molecule has 2 heterocycles. The Kier molecular flexibility index (Phi) is 4.36. The minimum atomic E-state index is -0.913. The van der Waals surface area contributed by atoms with Gasteiger partial charge in [-0.3, -0.25) is 14.5 Å². The third-order valence-corrected chi connectivity index (χ3v) is 5.65. The lowest BCUT2D eigenvalue weighted by Crippen LogP contribution is -2.43. The molecular weight excluding hydrogens is 412 g/mol. The first kappa shape index (κ1) is 15.7. The maximum atomic E-state index is 12.2. The first-order chi connectivity index (χ1) is 9.28. The summed E-state index contributed by atoms with van der Waals surface area (Å²) in [5.41, 5.74) is -0.448. The Bertz CT molecular complexity index is 602. The summed E-state index contributed by atoms with van der Waals surface area (Å²) >= 11 is 7.96. The molecule has 0 saturated carbocycles. The number of thiophene rings is 1. The van der Waals surface area contributed by atoms with Crippen molar-refractivity contribution >= 4 is 60.9 Å². The van der Waals surface area contributed by atoms with E-state index in [4.69, 9.17) is 0 Å². The number of ketones is 1. The summed E-state index contributed by atoms with van der Waals surface area (Å²) in [5.74, 6) is -0.633. The highest BCUT2D eigenvalue weighted by atomic mass is 79.9. The molecule has 1 aliphatic rings. The third-order valence-electron chi connectivity index (χ3n) is 3.31. The number of nitrogens with one attached hydrogen (secondary N) is 1. The average molecular weight is 424 g/mol. The van der Waals surface area contributed by atoms with Crippen LogP contribution in [0.5, 0.6) is 0 Å². The monoisotopic (exact) mass is 422 g/mol. The van der Waals surface area contributed by atoms with Gasteiger partial charge in [-0.25, -0.2) is 4.79 Å². The van der Waals surface area contributed by atoms with Crippen molar-refractivity contribution in [2.24, 2.45) is 0 Å². The molecule has 0 radical (unpaired) electrons. The Morgan fingerprint density at radius 1 is 1.45 bits per heavy atom. The number of hydrogen-bond donors (Lipinski definition) is 1. The number of nitrogens with zero attached hydrogens (tertiary/aromatic N) is 1. The maximum Gasteiger partial charge on any atom is 0.325 e. The van der Waals surface area contributed by atoms with Crippen LogP contribution in [0.2, 0.25) is 0 Å². The molecule has 1 atom stereocenters. The lowest BCUT2D eigenvalue weighted by Gasteiger charge is -2.18. The van der Waals surface area contributed by atoms with Crippen molar-refractivity contribution in [3.05, 3.63) is 19.2 Å². The van der Waals surface area contributed by atoms with Crippen LogP contribution in [0, 0.1) is 0 Å². The summed E-state index contributed by atoms with van der Waals surface area (Å²) in [6.07, 6.45) is 0.482. The maximum absolute atomic E-state index is 12.2. The second kappa shape index (κ2) is 5.57. The summed E-state index contributed by atoms with van der Waals surface area (Å²) in [6, 6.07) is 1.16. The van der Waals surface area contributed by atoms with Crippen molar-refractivity contribution < 1.29 is 14.4 Å². The van der Waals surface area contributed by atoms with Gasteiger partial charge in [-0.2, -0.15) is 0 Å². The standard InChI is InChI=1S/C12H12Br2N2O3S/c1-3-12(2)10(18)16(11(19)15-12)5-7(17)6-4-8(13)20-9(6)14/h4H,3,5H2,1-2H3,(H,15,19). The first-order valence-corrected chi connectivity index (χ1v) is 8.31. The third kappa shape index (κ3) is 2.68. The van der Waals surface area contributed by atoms with Crippen LogP contribution in [-0.2, 0) is 4.79 Å². The number of Topliss-reactive ketones (excluding diaryl/α,β-unsaturated/α-hetero) is 1. The molecule has 1 saturated heterocycles. The van der Waals surface area contributed by atoms with Crippen LogP contribution in [0.4, 0.5) is 4.79 Å². The van der Waals surface area contributed by atoms with Crippen LogP contribution in [-0.4, -0.2) is 34.7 Å². The Balaban J connectivity index is 2.18. The average Bonchev–Trinajstić information content (AvgIpc) is 2.82. The highest BCUT2D eigenvalue weighted by Gasteiger charge is 2.47. The predicted octanol–water partition coefficient (Wildman–Crippen LogP) is 3.18. The van der Waals surface area contributed by atoms with Gasteiger partial charge in [-0.1, -0.05) is 6.92 Å². The van der Waals surface area contributed by atoms with Crippen LogP contribution >= 0.6 is 43.2 Å². The van der Waals surface area contributed by atoms with Gasteiger partial charge in [0.1, 0.15) is 5.54 Å². The quantitative estimate of drug-likeness (QED) is 0.597. The van der Waals surface area contributed by atoms with Crippen molar-refractivity contribution in [2.45, 2.75) is 25.8 Å². The SMILES string of the molecule is CCC1(C)NC(=O)N(CC(=O)c2cc(Br)sc2Br)C1=O. The highest BCUT2D eigenvalue weighted by molar-refractivity contribution is 9.12. The van der Waals surface area contributed by atoms with Crippen molar-refractivity contribution in [3.63, 3.8) is 0 Å². The predicted molar refractivity (Wildman–Crippen MR) is 83.0 cm³/mol. The number of urea groups is 1. The lowest BCUT2D eigenvalue weighted by atomic mass is 9.99. The zero-order valence-electron chi connectivity index (χ0n) is 10.8. The van der Waals surface area contributed by atoms with E-state index in [9.17, 15) is 14.4 Å². The molecule has 1 aromatic rings. The van der Waals surface area contributed by atoms with E-state index >= 15 is 0 Å². The summed E-state index contributed by atoms with van der Waals surface area (Å²) in [6.45, 7) is 3.23. The summed E-state index contributed by atoms with van der Waals surface area (Å²) in [7, 11) is 0. The van der Waals surface area contributed by atoms with E-state index in [0.29, 0.717) is 15.8 Å². The van der Waals surface area contributed by atoms with Crippen molar-refractivity contribution in [1.29, 1.82) is 0 Å². The minimum absolute atomic E-state index is 0.248. The summed E-state index contributed by atoms with van der Waals surface area (Å²) < 4.78 is 1.49. The number of hydrogen-bond acceptors (Lipinski definition) is 4. The number of halogens is 2.